The van der Waals surface area contributed by atoms with E-state index in [9.17, 15) is 0 Å². The monoisotopic (exact) mass is 372 g/mol. The predicted octanol–water partition coefficient (Wildman–Crippen LogP) is 3.74. The van der Waals surface area contributed by atoms with Gasteiger partial charge in [0.25, 0.3) is 5.78 Å². The topological polar surface area (TPSA) is 61.5 Å². The number of fused-ring (bicyclic) bond motifs is 2. The lowest BCUT2D eigenvalue weighted by molar-refractivity contribution is 0.297. The Balaban J connectivity index is 1.47. The number of aryl methyl sites for hydroxylation is 2. The van der Waals surface area contributed by atoms with E-state index in [4.69, 9.17) is 14.6 Å². The van der Waals surface area contributed by atoms with Gasteiger partial charge in [0.05, 0.1) is 18.9 Å². The third-order valence-corrected chi connectivity index (χ3v) is 4.81. The summed E-state index contributed by atoms with van der Waals surface area (Å²) in [6, 6.07) is 18.3. The van der Waals surface area contributed by atoms with Crippen LogP contribution in [0.2, 0.25) is 0 Å². The van der Waals surface area contributed by atoms with Gasteiger partial charge in [0.1, 0.15) is 0 Å². The Bertz CT molecular complexity index is 1110. The number of benzene rings is 2. The normalized spacial score (nSPS) is 13.4. The Labute approximate surface area is 162 Å². The first-order chi connectivity index (χ1) is 13.9. The van der Waals surface area contributed by atoms with Crippen LogP contribution in [0, 0.1) is 0 Å². The molecule has 0 aliphatic carbocycles. The number of ether oxygens (including phenoxy) is 2. The molecule has 3 heterocycles. The van der Waals surface area contributed by atoms with Gasteiger partial charge in [-0.2, -0.15) is 9.50 Å². The molecule has 2 aromatic carbocycles. The molecule has 0 radical (unpaired) electrons. The van der Waals surface area contributed by atoms with E-state index in [1.54, 1.807) is 10.7 Å². The molecule has 140 valence electrons. The standard InChI is InChI=1S/C22H20N4O2/c1-2-5-16(6-3-1)7-10-21-24-22-23-12-11-18(26(22)25-21)17-8-9-19-20(15-17)28-14-4-13-27-19/h1-3,5-6,8-9,11-12,15H,4,7,10,13-14H2. The molecule has 4 aromatic rings. The molecule has 0 bridgehead atoms. The number of hydrogen-bond acceptors (Lipinski definition) is 5. The summed E-state index contributed by atoms with van der Waals surface area (Å²) in [5.41, 5.74) is 3.20. The van der Waals surface area contributed by atoms with Crippen molar-refractivity contribution in [3.05, 3.63) is 72.2 Å². The lowest BCUT2D eigenvalue weighted by Crippen LogP contribution is -1.98. The van der Waals surface area contributed by atoms with Crippen molar-refractivity contribution in [3.63, 3.8) is 0 Å². The van der Waals surface area contributed by atoms with Crippen molar-refractivity contribution in [2.24, 2.45) is 0 Å². The first-order valence-corrected chi connectivity index (χ1v) is 9.51. The van der Waals surface area contributed by atoms with Crippen molar-refractivity contribution >= 4 is 5.78 Å². The molecule has 1 aliphatic heterocycles. The molecule has 6 nitrogen and oxygen atoms in total. The van der Waals surface area contributed by atoms with Crippen LogP contribution in [0.4, 0.5) is 0 Å². The third-order valence-electron chi connectivity index (χ3n) is 4.81. The molecule has 6 heteroatoms. The second-order valence-electron chi connectivity index (χ2n) is 6.77. The van der Waals surface area contributed by atoms with Gasteiger partial charge in [-0.3, -0.25) is 0 Å². The largest absolute Gasteiger partial charge is 0.490 e. The smallest absolute Gasteiger partial charge is 0.252 e. The maximum absolute atomic E-state index is 5.83. The Morgan fingerprint density at radius 1 is 0.893 bits per heavy atom. The SMILES string of the molecule is c1ccc(CCc2nc3nccc(-c4ccc5c(c4)OCCCO5)n3n2)cc1. The molecule has 0 atom stereocenters. The lowest BCUT2D eigenvalue weighted by Gasteiger charge is -2.10. The highest BCUT2D eigenvalue weighted by Crippen LogP contribution is 2.34. The Kier molecular flexibility index (Phi) is 4.37. The molecular formula is C22H20N4O2. The molecule has 0 spiro atoms. The molecular weight excluding hydrogens is 352 g/mol. The van der Waals surface area contributed by atoms with Crippen LogP contribution < -0.4 is 9.47 Å². The highest BCUT2D eigenvalue weighted by molar-refractivity contribution is 5.65. The maximum atomic E-state index is 5.83. The summed E-state index contributed by atoms with van der Waals surface area (Å²) in [4.78, 5) is 8.98. The lowest BCUT2D eigenvalue weighted by atomic mass is 10.1. The number of nitrogens with zero attached hydrogens (tertiary/aromatic N) is 4. The Morgan fingerprint density at radius 2 is 1.75 bits per heavy atom. The fourth-order valence-corrected chi connectivity index (χ4v) is 3.38. The van der Waals surface area contributed by atoms with E-state index in [0.717, 1.165) is 47.8 Å². The minimum absolute atomic E-state index is 0.604. The third kappa shape index (κ3) is 3.29. The summed E-state index contributed by atoms with van der Waals surface area (Å²) >= 11 is 0. The molecule has 28 heavy (non-hydrogen) atoms. The molecule has 5 rings (SSSR count). The van der Waals surface area contributed by atoms with Crippen LogP contribution in [0.15, 0.2) is 60.8 Å². The molecule has 0 fully saturated rings. The van der Waals surface area contributed by atoms with Crippen LogP contribution in [0.25, 0.3) is 17.0 Å². The quantitative estimate of drug-likeness (QED) is 0.546. The minimum Gasteiger partial charge on any atom is -0.490 e. The fourth-order valence-electron chi connectivity index (χ4n) is 3.38. The maximum Gasteiger partial charge on any atom is 0.252 e. The van der Waals surface area contributed by atoms with E-state index in [-0.39, 0.29) is 0 Å². The van der Waals surface area contributed by atoms with Crippen LogP contribution in [0.3, 0.4) is 0 Å². The van der Waals surface area contributed by atoms with E-state index in [2.05, 4.69) is 34.2 Å². The first kappa shape index (κ1) is 16.7. The average Bonchev–Trinajstić information content (AvgIpc) is 3.02. The Hall–Kier alpha value is -3.41. The van der Waals surface area contributed by atoms with Crippen LogP contribution >= 0.6 is 0 Å². The van der Waals surface area contributed by atoms with E-state index in [0.29, 0.717) is 19.0 Å². The van der Waals surface area contributed by atoms with Crippen molar-refractivity contribution in [3.8, 4) is 22.8 Å². The minimum atomic E-state index is 0.604. The van der Waals surface area contributed by atoms with Gasteiger partial charge < -0.3 is 9.47 Å². The zero-order valence-electron chi connectivity index (χ0n) is 15.4. The Morgan fingerprint density at radius 3 is 2.64 bits per heavy atom. The zero-order valence-corrected chi connectivity index (χ0v) is 15.4. The molecule has 0 saturated heterocycles. The van der Waals surface area contributed by atoms with Gasteiger partial charge in [-0.1, -0.05) is 30.3 Å². The van der Waals surface area contributed by atoms with Crippen molar-refractivity contribution in [1.82, 2.24) is 19.6 Å². The van der Waals surface area contributed by atoms with Crippen LogP contribution in [-0.2, 0) is 12.8 Å². The van der Waals surface area contributed by atoms with Crippen LogP contribution in [0.5, 0.6) is 11.5 Å². The number of aromatic nitrogens is 4. The summed E-state index contributed by atoms with van der Waals surface area (Å²) in [5.74, 6) is 2.95. The van der Waals surface area contributed by atoms with E-state index in [1.165, 1.54) is 5.56 Å². The van der Waals surface area contributed by atoms with Gasteiger partial charge in [0, 0.05) is 24.6 Å². The van der Waals surface area contributed by atoms with E-state index in [1.807, 2.05) is 30.3 Å². The van der Waals surface area contributed by atoms with E-state index < -0.39 is 0 Å². The van der Waals surface area contributed by atoms with Gasteiger partial charge in [0.15, 0.2) is 17.3 Å². The van der Waals surface area contributed by atoms with Crippen molar-refractivity contribution in [2.75, 3.05) is 13.2 Å². The predicted molar refractivity (Wildman–Crippen MR) is 106 cm³/mol. The number of hydrogen-bond donors (Lipinski definition) is 0. The van der Waals surface area contributed by atoms with Crippen LogP contribution in [0.1, 0.15) is 17.8 Å². The number of rotatable bonds is 4. The average molecular weight is 372 g/mol. The highest BCUT2D eigenvalue weighted by atomic mass is 16.5. The molecule has 0 N–H and O–H groups in total. The summed E-state index contributed by atoms with van der Waals surface area (Å²) in [7, 11) is 0. The van der Waals surface area contributed by atoms with Crippen molar-refractivity contribution in [1.29, 1.82) is 0 Å². The fraction of sp³-hybridized carbons (Fsp3) is 0.227. The van der Waals surface area contributed by atoms with Crippen molar-refractivity contribution in [2.45, 2.75) is 19.3 Å². The summed E-state index contributed by atoms with van der Waals surface area (Å²) in [6.07, 6.45) is 4.33. The summed E-state index contributed by atoms with van der Waals surface area (Å²) in [6.45, 7) is 1.34. The zero-order chi connectivity index (χ0) is 18.8. The molecule has 0 amide bonds. The first-order valence-electron chi connectivity index (χ1n) is 9.51. The summed E-state index contributed by atoms with van der Waals surface area (Å²) < 4.78 is 13.4. The van der Waals surface area contributed by atoms with Gasteiger partial charge in [0.2, 0.25) is 0 Å². The van der Waals surface area contributed by atoms with Gasteiger partial charge in [-0.05, 0) is 36.2 Å². The van der Waals surface area contributed by atoms with Gasteiger partial charge in [-0.25, -0.2) is 4.98 Å². The molecule has 1 aliphatic rings. The van der Waals surface area contributed by atoms with E-state index >= 15 is 0 Å². The van der Waals surface area contributed by atoms with Gasteiger partial charge >= 0.3 is 0 Å². The van der Waals surface area contributed by atoms with Crippen molar-refractivity contribution < 1.29 is 9.47 Å². The molecule has 0 saturated carbocycles. The van der Waals surface area contributed by atoms with Crippen LogP contribution in [-0.4, -0.2) is 32.8 Å². The second-order valence-corrected chi connectivity index (χ2v) is 6.77. The van der Waals surface area contributed by atoms with Gasteiger partial charge in [-0.15, -0.1) is 5.10 Å². The summed E-state index contributed by atoms with van der Waals surface area (Å²) in [5, 5.41) is 4.71. The second kappa shape index (κ2) is 7.31. The highest BCUT2D eigenvalue weighted by Gasteiger charge is 2.14. The molecule has 0 unspecified atom stereocenters. The molecule has 2 aromatic heterocycles.